The maximum atomic E-state index is 12.2. The number of nitrogens with one attached hydrogen (secondary N) is 1. The number of benzene rings is 2. The molecule has 7 heteroatoms. The summed E-state index contributed by atoms with van der Waals surface area (Å²) in [5.41, 5.74) is 1.77. The van der Waals surface area contributed by atoms with E-state index in [0.29, 0.717) is 22.7 Å². The number of hydrogen-bond acceptors (Lipinski definition) is 6. The monoisotopic (exact) mass is 370 g/mol. The number of Topliss-reactive ketones (excluding diaryl/α,β-unsaturated/α-hetero) is 1. The van der Waals surface area contributed by atoms with Crippen LogP contribution in [0.2, 0.25) is 0 Å². The van der Waals surface area contributed by atoms with Crippen LogP contribution >= 0.6 is 0 Å². The van der Waals surface area contributed by atoms with Gasteiger partial charge in [0.25, 0.3) is 5.91 Å². The van der Waals surface area contributed by atoms with Crippen LogP contribution in [0.3, 0.4) is 0 Å². The van der Waals surface area contributed by atoms with Crippen molar-refractivity contribution in [2.24, 2.45) is 5.16 Å². The van der Waals surface area contributed by atoms with E-state index in [0.717, 1.165) is 5.56 Å². The summed E-state index contributed by atoms with van der Waals surface area (Å²) in [4.78, 5) is 28.8. The van der Waals surface area contributed by atoms with Crippen molar-refractivity contribution in [3.63, 3.8) is 0 Å². The minimum absolute atomic E-state index is 0.0742. The van der Waals surface area contributed by atoms with Crippen molar-refractivity contribution in [2.75, 3.05) is 19.5 Å². The molecular weight excluding hydrogens is 348 g/mol. The summed E-state index contributed by atoms with van der Waals surface area (Å²) in [5, 5.41) is 6.54. The SMILES string of the molecule is COc1ccc(/C=N/OC(C)C(=O)Nc2cccc(C(C)=O)c2)cc1OC. The fourth-order valence-electron chi connectivity index (χ4n) is 2.22. The largest absolute Gasteiger partial charge is 0.493 e. The lowest BCUT2D eigenvalue weighted by Crippen LogP contribution is -2.26. The lowest BCUT2D eigenvalue weighted by Gasteiger charge is -2.11. The van der Waals surface area contributed by atoms with Gasteiger partial charge in [0.1, 0.15) is 0 Å². The number of carbonyl (C=O) groups is 2. The van der Waals surface area contributed by atoms with Gasteiger partial charge < -0.3 is 19.6 Å². The molecule has 27 heavy (non-hydrogen) atoms. The summed E-state index contributed by atoms with van der Waals surface area (Å²) < 4.78 is 10.4. The second-order valence-corrected chi connectivity index (χ2v) is 5.72. The van der Waals surface area contributed by atoms with Crippen molar-refractivity contribution < 1.29 is 23.9 Å². The number of oxime groups is 1. The molecular formula is C20H22N2O5. The van der Waals surface area contributed by atoms with Crippen molar-refractivity contribution in [3.05, 3.63) is 53.6 Å². The Morgan fingerprint density at radius 1 is 1.07 bits per heavy atom. The predicted molar refractivity (Wildman–Crippen MR) is 103 cm³/mol. The van der Waals surface area contributed by atoms with Crippen LogP contribution in [-0.4, -0.2) is 38.2 Å². The number of nitrogens with zero attached hydrogens (tertiary/aromatic N) is 1. The standard InChI is InChI=1S/C20H22N2O5/c1-13(23)16-6-5-7-17(11-16)22-20(24)14(2)27-21-12-15-8-9-18(25-3)19(10-15)26-4/h5-12,14H,1-4H3,(H,22,24)/b21-12+. The first kappa shape index (κ1) is 20.0. The zero-order valence-corrected chi connectivity index (χ0v) is 15.7. The molecule has 0 saturated heterocycles. The zero-order valence-electron chi connectivity index (χ0n) is 15.7. The van der Waals surface area contributed by atoms with Gasteiger partial charge in [0.2, 0.25) is 6.10 Å². The number of amides is 1. The van der Waals surface area contributed by atoms with E-state index in [-0.39, 0.29) is 11.7 Å². The number of ether oxygens (including phenoxy) is 2. The first-order valence-electron chi connectivity index (χ1n) is 8.27. The van der Waals surface area contributed by atoms with Crippen LogP contribution in [0.25, 0.3) is 0 Å². The second-order valence-electron chi connectivity index (χ2n) is 5.72. The smallest absolute Gasteiger partial charge is 0.267 e. The third-order valence-electron chi connectivity index (χ3n) is 3.73. The van der Waals surface area contributed by atoms with Gasteiger partial charge in [0.05, 0.1) is 20.4 Å². The molecule has 1 unspecified atom stereocenters. The van der Waals surface area contributed by atoms with E-state index in [1.807, 2.05) is 0 Å². The normalized spacial score (nSPS) is 11.7. The molecule has 0 spiro atoms. The summed E-state index contributed by atoms with van der Waals surface area (Å²) in [6, 6.07) is 12.0. The molecule has 142 valence electrons. The van der Waals surface area contributed by atoms with Gasteiger partial charge in [-0.15, -0.1) is 0 Å². The van der Waals surface area contributed by atoms with Crippen molar-refractivity contribution in [3.8, 4) is 11.5 Å². The molecule has 2 aromatic carbocycles. The maximum absolute atomic E-state index is 12.2. The van der Waals surface area contributed by atoms with E-state index in [1.165, 1.54) is 13.1 Å². The Morgan fingerprint density at radius 3 is 2.48 bits per heavy atom. The van der Waals surface area contributed by atoms with Crippen LogP contribution in [-0.2, 0) is 9.63 Å². The number of rotatable bonds is 8. The van der Waals surface area contributed by atoms with Crippen LogP contribution in [0.4, 0.5) is 5.69 Å². The molecule has 0 heterocycles. The highest BCUT2D eigenvalue weighted by Crippen LogP contribution is 2.26. The van der Waals surface area contributed by atoms with Gasteiger partial charge in [-0.25, -0.2) is 0 Å². The first-order valence-corrected chi connectivity index (χ1v) is 8.27. The third kappa shape index (κ3) is 5.57. The highest BCUT2D eigenvalue weighted by Gasteiger charge is 2.14. The predicted octanol–water partition coefficient (Wildman–Crippen LogP) is 3.28. The van der Waals surface area contributed by atoms with Gasteiger partial charge in [-0.05, 0) is 44.2 Å². The number of methoxy groups -OCH3 is 2. The molecule has 0 bridgehead atoms. The Labute approximate surface area is 157 Å². The van der Waals surface area contributed by atoms with Gasteiger partial charge in [-0.1, -0.05) is 17.3 Å². The fourth-order valence-corrected chi connectivity index (χ4v) is 2.22. The Morgan fingerprint density at radius 2 is 1.81 bits per heavy atom. The summed E-state index contributed by atoms with van der Waals surface area (Å²) in [6.07, 6.45) is 0.657. The molecule has 1 N–H and O–H groups in total. The summed E-state index contributed by atoms with van der Waals surface area (Å²) in [5.74, 6) is 0.726. The molecule has 0 radical (unpaired) electrons. The molecule has 0 fully saturated rings. The average Bonchev–Trinajstić information content (AvgIpc) is 2.67. The fraction of sp³-hybridized carbons (Fsp3) is 0.250. The van der Waals surface area contributed by atoms with E-state index < -0.39 is 6.10 Å². The zero-order chi connectivity index (χ0) is 19.8. The van der Waals surface area contributed by atoms with Crippen LogP contribution < -0.4 is 14.8 Å². The van der Waals surface area contributed by atoms with Gasteiger partial charge in [-0.2, -0.15) is 0 Å². The Bertz CT molecular complexity index is 848. The number of ketones is 1. The summed E-state index contributed by atoms with van der Waals surface area (Å²) >= 11 is 0. The minimum Gasteiger partial charge on any atom is -0.493 e. The molecule has 0 aliphatic rings. The van der Waals surface area contributed by atoms with Gasteiger partial charge in [0, 0.05) is 16.8 Å². The highest BCUT2D eigenvalue weighted by molar-refractivity contribution is 5.98. The molecule has 2 rings (SSSR count). The number of anilines is 1. The molecule has 1 amide bonds. The van der Waals surface area contributed by atoms with Crippen LogP contribution in [0.1, 0.15) is 29.8 Å². The van der Waals surface area contributed by atoms with Gasteiger partial charge in [-0.3, -0.25) is 9.59 Å². The number of hydrogen-bond donors (Lipinski definition) is 1. The van der Waals surface area contributed by atoms with Gasteiger partial charge >= 0.3 is 0 Å². The molecule has 2 aromatic rings. The lowest BCUT2D eigenvalue weighted by atomic mass is 10.1. The van der Waals surface area contributed by atoms with Crippen molar-refractivity contribution >= 4 is 23.6 Å². The quantitative estimate of drug-likeness (QED) is 0.438. The topological polar surface area (TPSA) is 86.2 Å². The number of carbonyl (C=O) groups excluding carboxylic acids is 2. The van der Waals surface area contributed by atoms with Crippen molar-refractivity contribution in [1.29, 1.82) is 0 Å². The average molecular weight is 370 g/mol. The van der Waals surface area contributed by atoms with Crippen LogP contribution in [0.5, 0.6) is 11.5 Å². The Kier molecular flexibility index (Phi) is 6.93. The minimum atomic E-state index is -0.817. The maximum Gasteiger partial charge on any atom is 0.267 e. The highest BCUT2D eigenvalue weighted by atomic mass is 16.6. The van der Waals surface area contributed by atoms with E-state index in [9.17, 15) is 9.59 Å². The molecule has 1 atom stereocenters. The molecule has 0 saturated carbocycles. The molecule has 0 aromatic heterocycles. The molecule has 0 aliphatic carbocycles. The van der Waals surface area contributed by atoms with Crippen molar-refractivity contribution in [2.45, 2.75) is 20.0 Å². The lowest BCUT2D eigenvalue weighted by molar-refractivity contribution is -0.126. The van der Waals surface area contributed by atoms with E-state index in [1.54, 1.807) is 63.6 Å². The Hall–Kier alpha value is -3.35. The van der Waals surface area contributed by atoms with Crippen LogP contribution in [0, 0.1) is 0 Å². The van der Waals surface area contributed by atoms with E-state index >= 15 is 0 Å². The first-order chi connectivity index (χ1) is 12.9. The van der Waals surface area contributed by atoms with E-state index in [4.69, 9.17) is 14.3 Å². The summed E-state index contributed by atoms with van der Waals surface area (Å²) in [6.45, 7) is 3.05. The van der Waals surface area contributed by atoms with Gasteiger partial charge in [0.15, 0.2) is 17.3 Å². The third-order valence-corrected chi connectivity index (χ3v) is 3.73. The Balaban J connectivity index is 1.95. The molecule has 0 aliphatic heterocycles. The summed E-state index contributed by atoms with van der Waals surface area (Å²) in [7, 11) is 3.10. The van der Waals surface area contributed by atoms with Crippen LogP contribution in [0.15, 0.2) is 47.6 Å². The van der Waals surface area contributed by atoms with Crippen molar-refractivity contribution in [1.82, 2.24) is 0 Å². The second kappa shape index (κ2) is 9.38. The van der Waals surface area contributed by atoms with E-state index in [2.05, 4.69) is 10.5 Å². The molecule has 7 nitrogen and oxygen atoms in total.